The number of nitrogen functional groups attached to an aromatic ring is 1. The van der Waals surface area contributed by atoms with Crippen LogP contribution in [-0.2, 0) is 9.53 Å². The van der Waals surface area contributed by atoms with E-state index >= 15 is 0 Å². The number of rotatable bonds is 8. The second-order valence-corrected chi connectivity index (χ2v) is 6.76. The number of amides is 1. The number of nitrogens with one attached hydrogen (secondary N) is 1. The molecule has 0 saturated carbocycles. The standard InChI is InChI=1S/C19H27N5O4/c1-24(7-4-6-21-18(25)12-5-8-28-11-12)19-22-14-10-16(27-3)15(26-2)9-13(14)17(20)23-19/h9-10,12H,4-8,11H2,1-3H3,(H,21,25)(H2,20,22,23). The zero-order chi connectivity index (χ0) is 20.1. The van der Waals surface area contributed by atoms with Crippen LogP contribution in [0.1, 0.15) is 12.8 Å². The largest absolute Gasteiger partial charge is 0.493 e. The average molecular weight is 389 g/mol. The molecule has 28 heavy (non-hydrogen) atoms. The molecule has 0 radical (unpaired) electrons. The molecule has 1 fully saturated rings. The summed E-state index contributed by atoms with van der Waals surface area (Å²) in [6.45, 7) is 2.45. The van der Waals surface area contributed by atoms with Crippen molar-refractivity contribution in [3.63, 3.8) is 0 Å². The van der Waals surface area contributed by atoms with Crippen molar-refractivity contribution < 1.29 is 19.0 Å². The molecule has 1 saturated heterocycles. The number of hydrogen-bond acceptors (Lipinski definition) is 8. The van der Waals surface area contributed by atoms with E-state index in [1.54, 1.807) is 26.4 Å². The molecular formula is C19H27N5O4. The lowest BCUT2D eigenvalue weighted by Gasteiger charge is -2.19. The van der Waals surface area contributed by atoms with Gasteiger partial charge in [-0.15, -0.1) is 0 Å². The van der Waals surface area contributed by atoms with Gasteiger partial charge in [0.15, 0.2) is 11.5 Å². The highest BCUT2D eigenvalue weighted by molar-refractivity contribution is 5.91. The zero-order valence-corrected chi connectivity index (χ0v) is 16.5. The van der Waals surface area contributed by atoms with E-state index in [4.69, 9.17) is 19.9 Å². The predicted octanol–water partition coefficient (Wildman–Crippen LogP) is 1.21. The van der Waals surface area contributed by atoms with Gasteiger partial charge in [0.2, 0.25) is 11.9 Å². The number of aromatic nitrogens is 2. The van der Waals surface area contributed by atoms with Gasteiger partial charge < -0.3 is 30.2 Å². The topological polar surface area (TPSA) is 112 Å². The summed E-state index contributed by atoms with van der Waals surface area (Å²) in [6.07, 6.45) is 1.56. The average Bonchev–Trinajstić information content (AvgIpc) is 3.24. The monoisotopic (exact) mass is 389 g/mol. The number of nitrogens with zero attached hydrogens (tertiary/aromatic N) is 3. The molecule has 152 valence electrons. The van der Waals surface area contributed by atoms with Gasteiger partial charge in [-0.3, -0.25) is 4.79 Å². The first-order valence-corrected chi connectivity index (χ1v) is 9.29. The van der Waals surface area contributed by atoms with Crippen LogP contribution >= 0.6 is 0 Å². The quantitative estimate of drug-likeness (QED) is 0.648. The summed E-state index contributed by atoms with van der Waals surface area (Å²) in [7, 11) is 5.04. The van der Waals surface area contributed by atoms with E-state index in [1.165, 1.54) is 0 Å². The van der Waals surface area contributed by atoms with Crippen molar-refractivity contribution in [2.24, 2.45) is 5.92 Å². The Bertz CT molecular complexity index is 839. The molecule has 1 aliphatic heterocycles. The highest BCUT2D eigenvalue weighted by atomic mass is 16.5. The van der Waals surface area contributed by atoms with Crippen molar-refractivity contribution in [3.8, 4) is 11.5 Å². The SMILES string of the molecule is COc1cc2nc(N(C)CCCNC(=O)C3CCOC3)nc(N)c2cc1OC. The van der Waals surface area contributed by atoms with Crippen LogP contribution < -0.4 is 25.4 Å². The van der Waals surface area contributed by atoms with Crippen LogP contribution in [0.25, 0.3) is 10.9 Å². The lowest BCUT2D eigenvalue weighted by molar-refractivity contribution is -0.124. The normalized spacial score (nSPS) is 16.2. The Morgan fingerprint density at radius 3 is 2.75 bits per heavy atom. The fraction of sp³-hybridized carbons (Fsp3) is 0.526. The summed E-state index contributed by atoms with van der Waals surface area (Å²) in [5.74, 6) is 2.10. The van der Waals surface area contributed by atoms with Crippen LogP contribution in [-0.4, -0.2) is 63.4 Å². The molecule has 3 rings (SSSR count). The first-order chi connectivity index (χ1) is 13.5. The highest BCUT2D eigenvalue weighted by Gasteiger charge is 2.22. The predicted molar refractivity (Wildman–Crippen MR) is 107 cm³/mol. The number of ether oxygens (including phenoxy) is 3. The third-order valence-electron chi connectivity index (χ3n) is 4.83. The second kappa shape index (κ2) is 8.92. The van der Waals surface area contributed by atoms with E-state index in [0.717, 1.165) is 12.8 Å². The maximum Gasteiger partial charge on any atom is 0.227 e. The Morgan fingerprint density at radius 2 is 2.07 bits per heavy atom. The van der Waals surface area contributed by atoms with E-state index in [2.05, 4.69) is 15.3 Å². The molecule has 0 bridgehead atoms. The number of benzene rings is 1. The third kappa shape index (κ3) is 4.36. The molecule has 2 aromatic rings. The fourth-order valence-corrected chi connectivity index (χ4v) is 3.15. The number of carbonyl (C=O) groups excluding carboxylic acids is 1. The molecule has 2 heterocycles. The minimum absolute atomic E-state index is 0.0201. The minimum Gasteiger partial charge on any atom is -0.493 e. The van der Waals surface area contributed by atoms with Gasteiger partial charge in [0.05, 0.1) is 32.3 Å². The Hall–Kier alpha value is -2.81. The van der Waals surface area contributed by atoms with E-state index < -0.39 is 0 Å². The van der Waals surface area contributed by atoms with Crippen LogP contribution in [0.4, 0.5) is 11.8 Å². The summed E-state index contributed by atoms with van der Waals surface area (Å²) in [4.78, 5) is 22.9. The smallest absolute Gasteiger partial charge is 0.227 e. The van der Waals surface area contributed by atoms with Crippen LogP contribution in [0.2, 0.25) is 0 Å². The zero-order valence-electron chi connectivity index (χ0n) is 16.5. The van der Waals surface area contributed by atoms with Gasteiger partial charge in [-0.1, -0.05) is 0 Å². The maximum absolute atomic E-state index is 12.0. The Labute approximate surface area is 164 Å². The molecule has 0 aliphatic carbocycles. The summed E-state index contributed by atoms with van der Waals surface area (Å²) in [6, 6.07) is 3.56. The van der Waals surface area contributed by atoms with Crippen molar-refractivity contribution in [3.05, 3.63) is 12.1 Å². The minimum atomic E-state index is -0.0201. The Balaban J connectivity index is 1.62. The summed E-state index contributed by atoms with van der Waals surface area (Å²) < 4.78 is 15.9. The molecule has 9 heteroatoms. The van der Waals surface area contributed by atoms with Crippen molar-refractivity contribution in [2.75, 3.05) is 58.2 Å². The highest BCUT2D eigenvalue weighted by Crippen LogP contribution is 2.33. The van der Waals surface area contributed by atoms with Crippen LogP contribution in [0.3, 0.4) is 0 Å². The number of hydrogen-bond donors (Lipinski definition) is 2. The van der Waals surface area contributed by atoms with Crippen LogP contribution in [0, 0.1) is 5.92 Å². The summed E-state index contributed by atoms with van der Waals surface area (Å²) >= 11 is 0. The van der Waals surface area contributed by atoms with Gasteiger partial charge >= 0.3 is 0 Å². The van der Waals surface area contributed by atoms with Gasteiger partial charge in [0.25, 0.3) is 0 Å². The number of nitrogens with two attached hydrogens (primary N) is 1. The van der Waals surface area contributed by atoms with Gasteiger partial charge in [-0.2, -0.15) is 4.98 Å². The van der Waals surface area contributed by atoms with E-state index in [-0.39, 0.29) is 11.8 Å². The molecular weight excluding hydrogens is 362 g/mol. The van der Waals surface area contributed by atoms with Gasteiger partial charge in [0.1, 0.15) is 5.82 Å². The van der Waals surface area contributed by atoms with E-state index in [0.29, 0.717) is 60.5 Å². The van der Waals surface area contributed by atoms with Crippen molar-refractivity contribution in [1.82, 2.24) is 15.3 Å². The fourth-order valence-electron chi connectivity index (χ4n) is 3.15. The third-order valence-corrected chi connectivity index (χ3v) is 4.83. The van der Waals surface area contributed by atoms with Gasteiger partial charge in [0, 0.05) is 38.2 Å². The molecule has 1 amide bonds. The van der Waals surface area contributed by atoms with Crippen molar-refractivity contribution in [1.29, 1.82) is 0 Å². The first-order valence-electron chi connectivity index (χ1n) is 9.29. The van der Waals surface area contributed by atoms with Gasteiger partial charge in [-0.25, -0.2) is 4.98 Å². The molecule has 3 N–H and O–H groups in total. The molecule has 1 atom stereocenters. The lowest BCUT2D eigenvalue weighted by Crippen LogP contribution is -2.33. The van der Waals surface area contributed by atoms with Crippen LogP contribution in [0.15, 0.2) is 12.1 Å². The van der Waals surface area contributed by atoms with Crippen molar-refractivity contribution in [2.45, 2.75) is 12.8 Å². The lowest BCUT2D eigenvalue weighted by atomic mass is 10.1. The van der Waals surface area contributed by atoms with E-state index in [9.17, 15) is 4.79 Å². The Morgan fingerprint density at radius 1 is 1.32 bits per heavy atom. The molecule has 0 spiro atoms. The van der Waals surface area contributed by atoms with Gasteiger partial charge in [-0.05, 0) is 18.9 Å². The molecule has 9 nitrogen and oxygen atoms in total. The van der Waals surface area contributed by atoms with Crippen LogP contribution in [0.5, 0.6) is 11.5 Å². The van der Waals surface area contributed by atoms with E-state index in [1.807, 2.05) is 11.9 Å². The molecule has 1 unspecified atom stereocenters. The summed E-state index contributed by atoms with van der Waals surface area (Å²) in [5.41, 5.74) is 6.81. The first kappa shape index (κ1) is 19.9. The number of methoxy groups -OCH3 is 2. The summed E-state index contributed by atoms with van der Waals surface area (Å²) in [5, 5.41) is 3.67. The number of carbonyl (C=O) groups is 1. The Kier molecular flexibility index (Phi) is 6.35. The molecule has 1 aromatic carbocycles. The molecule has 1 aliphatic rings. The van der Waals surface area contributed by atoms with Crippen molar-refractivity contribution >= 4 is 28.6 Å². The maximum atomic E-state index is 12.0. The molecule has 1 aromatic heterocycles. The number of anilines is 2. The second-order valence-electron chi connectivity index (χ2n) is 6.76. The number of fused-ring (bicyclic) bond motifs is 1.